The number of para-hydroxylation sites is 2. The van der Waals surface area contributed by atoms with Crippen LogP contribution in [0.15, 0.2) is 24.3 Å². The molecular weight excluding hydrogens is 256 g/mol. The van der Waals surface area contributed by atoms with E-state index in [1.54, 1.807) is 19.2 Å². The summed E-state index contributed by atoms with van der Waals surface area (Å²) in [5, 5.41) is 2.68. The quantitative estimate of drug-likeness (QED) is 0.888. The van der Waals surface area contributed by atoms with Gasteiger partial charge in [0.05, 0.1) is 18.3 Å². The molecule has 5 heteroatoms. The second kappa shape index (κ2) is 6.61. The number of carbonyl (C=O) groups excluding carboxylic acids is 1. The first kappa shape index (κ1) is 14.7. The average molecular weight is 278 g/mol. The zero-order valence-electron chi connectivity index (χ0n) is 11.9. The van der Waals surface area contributed by atoms with Gasteiger partial charge in [-0.25, -0.2) is 4.79 Å². The van der Waals surface area contributed by atoms with Crippen molar-refractivity contribution in [1.82, 2.24) is 0 Å². The highest BCUT2D eigenvalue weighted by Gasteiger charge is 2.29. The maximum Gasteiger partial charge on any atom is 0.411 e. The third-order valence-corrected chi connectivity index (χ3v) is 3.68. The van der Waals surface area contributed by atoms with Gasteiger partial charge in [0, 0.05) is 0 Å². The summed E-state index contributed by atoms with van der Waals surface area (Å²) in [5.41, 5.74) is 6.45. The summed E-state index contributed by atoms with van der Waals surface area (Å²) in [6.07, 6.45) is 4.75. The zero-order chi connectivity index (χ0) is 14.4. The molecule has 0 radical (unpaired) electrons. The van der Waals surface area contributed by atoms with Crippen LogP contribution in [0.2, 0.25) is 0 Å². The van der Waals surface area contributed by atoms with E-state index < -0.39 is 6.09 Å². The molecule has 0 atom stereocenters. The Balaban J connectivity index is 1.86. The van der Waals surface area contributed by atoms with Gasteiger partial charge in [-0.1, -0.05) is 31.4 Å². The molecule has 0 aliphatic heterocycles. The van der Waals surface area contributed by atoms with Gasteiger partial charge in [-0.15, -0.1) is 0 Å². The van der Waals surface area contributed by atoms with Crippen LogP contribution >= 0.6 is 0 Å². The fourth-order valence-corrected chi connectivity index (χ4v) is 2.50. The molecule has 0 saturated heterocycles. The summed E-state index contributed by atoms with van der Waals surface area (Å²) in [6.45, 7) is 0.258. The fraction of sp³-hybridized carbons (Fsp3) is 0.533. The van der Waals surface area contributed by atoms with Gasteiger partial charge in [-0.3, -0.25) is 5.32 Å². The van der Waals surface area contributed by atoms with Crippen LogP contribution < -0.4 is 15.8 Å². The number of methoxy groups -OCH3 is 1. The Morgan fingerprint density at radius 1 is 1.30 bits per heavy atom. The van der Waals surface area contributed by atoms with Crippen molar-refractivity contribution in [3.63, 3.8) is 0 Å². The zero-order valence-corrected chi connectivity index (χ0v) is 11.9. The van der Waals surface area contributed by atoms with Crippen LogP contribution in [0.4, 0.5) is 10.5 Å². The molecule has 20 heavy (non-hydrogen) atoms. The van der Waals surface area contributed by atoms with E-state index in [1.807, 2.05) is 12.1 Å². The van der Waals surface area contributed by atoms with Crippen molar-refractivity contribution in [2.45, 2.75) is 37.6 Å². The number of nitrogens with one attached hydrogen (secondary N) is 1. The molecule has 1 fully saturated rings. The molecule has 3 N–H and O–H groups in total. The largest absolute Gasteiger partial charge is 0.495 e. The first-order valence-corrected chi connectivity index (χ1v) is 6.99. The molecule has 0 unspecified atom stereocenters. The average Bonchev–Trinajstić information content (AvgIpc) is 2.47. The maximum atomic E-state index is 11.8. The van der Waals surface area contributed by atoms with Gasteiger partial charge in [0.1, 0.15) is 12.4 Å². The van der Waals surface area contributed by atoms with Crippen LogP contribution in [0.1, 0.15) is 32.1 Å². The summed E-state index contributed by atoms with van der Waals surface area (Å²) in [6, 6.07) is 7.20. The van der Waals surface area contributed by atoms with E-state index in [-0.39, 0.29) is 12.1 Å². The van der Waals surface area contributed by atoms with Crippen molar-refractivity contribution in [2.24, 2.45) is 5.73 Å². The van der Waals surface area contributed by atoms with Crippen LogP contribution in [0.5, 0.6) is 5.75 Å². The van der Waals surface area contributed by atoms with Crippen LogP contribution in [0.25, 0.3) is 0 Å². The highest BCUT2D eigenvalue weighted by Crippen LogP contribution is 2.27. The van der Waals surface area contributed by atoms with Gasteiger partial charge in [-0.2, -0.15) is 0 Å². The Labute approximate surface area is 119 Å². The van der Waals surface area contributed by atoms with Gasteiger partial charge in [0.2, 0.25) is 0 Å². The minimum absolute atomic E-state index is 0.258. The first-order valence-electron chi connectivity index (χ1n) is 6.99. The minimum Gasteiger partial charge on any atom is -0.495 e. The number of hydrogen-bond acceptors (Lipinski definition) is 4. The SMILES string of the molecule is COc1ccccc1NC(=O)OCC1(N)CCCCC1. The van der Waals surface area contributed by atoms with Gasteiger partial charge in [-0.05, 0) is 25.0 Å². The van der Waals surface area contributed by atoms with Crippen LogP contribution in [0, 0.1) is 0 Å². The molecule has 1 amide bonds. The van der Waals surface area contributed by atoms with E-state index >= 15 is 0 Å². The standard InChI is InChI=1S/C15H22N2O3/c1-19-13-8-4-3-7-12(13)17-14(18)20-11-15(16)9-5-2-6-10-15/h3-4,7-8H,2,5-6,9-11,16H2,1H3,(H,17,18). The lowest BCUT2D eigenvalue weighted by Gasteiger charge is -2.32. The van der Waals surface area contributed by atoms with E-state index in [1.165, 1.54) is 6.42 Å². The Kier molecular flexibility index (Phi) is 4.84. The predicted molar refractivity (Wildman–Crippen MR) is 78.0 cm³/mol. The molecule has 1 aromatic carbocycles. The smallest absolute Gasteiger partial charge is 0.411 e. The number of nitrogens with two attached hydrogens (primary N) is 1. The Bertz CT molecular complexity index is 456. The summed E-state index contributed by atoms with van der Waals surface area (Å²) in [4.78, 5) is 11.8. The Hall–Kier alpha value is -1.75. The van der Waals surface area contributed by atoms with Crippen molar-refractivity contribution in [2.75, 3.05) is 19.0 Å². The van der Waals surface area contributed by atoms with E-state index in [0.717, 1.165) is 25.7 Å². The number of benzene rings is 1. The first-order chi connectivity index (χ1) is 9.63. The molecule has 0 bridgehead atoms. The Morgan fingerprint density at radius 2 is 2.00 bits per heavy atom. The minimum atomic E-state index is -0.495. The summed E-state index contributed by atoms with van der Waals surface area (Å²) in [7, 11) is 1.56. The summed E-state index contributed by atoms with van der Waals surface area (Å²) >= 11 is 0. The lowest BCUT2D eigenvalue weighted by atomic mass is 9.83. The summed E-state index contributed by atoms with van der Waals surface area (Å²) < 4.78 is 10.4. The summed E-state index contributed by atoms with van der Waals surface area (Å²) in [5.74, 6) is 0.601. The Morgan fingerprint density at radius 3 is 2.70 bits per heavy atom. The highest BCUT2D eigenvalue weighted by atomic mass is 16.5. The monoisotopic (exact) mass is 278 g/mol. The number of hydrogen-bond donors (Lipinski definition) is 2. The normalized spacial score (nSPS) is 17.3. The van der Waals surface area contributed by atoms with E-state index in [9.17, 15) is 4.79 Å². The van der Waals surface area contributed by atoms with Crippen LogP contribution in [-0.2, 0) is 4.74 Å². The second-order valence-electron chi connectivity index (χ2n) is 5.32. The van der Waals surface area contributed by atoms with Gasteiger partial charge >= 0.3 is 6.09 Å². The fourth-order valence-electron chi connectivity index (χ4n) is 2.50. The molecule has 5 nitrogen and oxygen atoms in total. The van der Waals surface area contributed by atoms with Crippen molar-refractivity contribution in [1.29, 1.82) is 0 Å². The molecule has 1 aromatic rings. The van der Waals surface area contributed by atoms with Crippen molar-refractivity contribution in [3.05, 3.63) is 24.3 Å². The molecule has 110 valence electrons. The molecule has 0 spiro atoms. The number of carbonyl (C=O) groups is 1. The van der Waals surface area contributed by atoms with E-state index in [2.05, 4.69) is 5.32 Å². The lowest BCUT2D eigenvalue weighted by molar-refractivity contribution is 0.112. The molecule has 0 heterocycles. The third-order valence-electron chi connectivity index (χ3n) is 3.68. The predicted octanol–water partition coefficient (Wildman–Crippen LogP) is 2.91. The van der Waals surface area contributed by atoms with Crippen LogP contribution in [-0.4, -0.2) is 25.3 Å². The third kappa shape index (κ3) is 3.87. The molecule has 1 saturated carbocycles. The number of ether oxygens (including phenoxy) is 2. The van der Waals surface area contributed by atoms with Gasteiger partial charge in [0.25, 0.3) is 0 Å². The highest BCUT2D eigenvalue weighted by molar-refractivity contribution is 5.86. The number of rotatable bonds is 4. The molecule has 1 aliphatic rings. The molecule has 0 aromatic heterocycles. The van der Waals surface area contributed by atoms with Crippen LogP contribution in [0.3, 0.4) is 0 Å². The second-order valence-corrected chi connectivity index (χ2v) is 5.32. The molecule has 2 rings (SSSR count). The van der Waals surface area contributed by atoms with Crippen molar-refractivity contribution < 1.29 is 14.3 Å². The lowest BCUT2D eigenvalue weighted by Crippen LogP contribution is -2.46. The molecular formula is C15H22N2O3. The van der Waals surface area contributed by atoms with E-state index in [0.29, 0.717) is 11.4 Å². The maximum absolute atomic E-state index is 11.8. The van der Waals surface area contributed by atoms with E-state index in [4.69, 9.17) is 15.2 Å². The van der Waals surface area contributed by atoms with Crippen molar-refractivity contribution >= 4 is 11.8 Å². The molecule has 1 aliphatic carbocycles. The number of amides is 1. The van der Waals surface area contributed by atoms with Gasteiger partial charge in [0.15, 0.2) is 0 Å². The van der Waals surface area contributed by atoms with Crippen molar-refractivity contribution in [3.8, 4) is 5.75 Å². The van der Waals surface area contributed by atoms with Gasteiger partial charge < -0.3 is 15.2 Å². The number of anilines is 1. The topological polar surface area (TPSA) is 73.6 Å².